The minimum absolute atomic E-state index is 0.172. The molecule has 1 atom stereocenters. The van der Waals surface area contributed by atoms with Crippen molar-refractivity contribution in [2.45, 2.75) is 44.9 Å². The van der Waals surface area contributed by atoms with Crippen LogP contribution in [0.4, 0.5) is 0 Å². The summed E-state index contributed by atoms with van der Waals surface area (Å²) in [7, 11) is 0. The number of aliphatic carboxylic acids is 1. The molecule has 1 fully saturated rings. The van der Waals surface area contributed by atoms with Gasteiger partial charge in [0.05, 0.1) is 5.92 Å². The summed E-state index contributed by atoms with van der Waals surface area (Å²) in [4.78, 5) is 21.1. The van der Waals surface area contributed by atoms with E-state index in [0.29, 0.717) is 12.3 Å². The highest BCUT2D eigenvalue weighted by Gasteiger charge is 2.23. The molecule has 1 rings (SSSR count). The molecule has 0 spiro atoms. The Labute approximate surface area is 84.5 Å². The number of carboxylic acid groups (broad SMARTS) is 1. The van der Waals surface area contributed by atoms with Crippen molar-refractivity contribution in [3.8, 4) is 0 Å². The second kappa shape index (κ2) is 5.78. The zero-order chi connectivity index (χ0) is 10.4. The summed E-state index contributed by atoms with van der Waals surface area (Å²) in [5.74, 6) is -0.733. The van der Waals surface area contributed by atoms with Crippen molar-refractivity contribution in [2.24, 2.45) is 11.8 Å². The van der Waals surface area contributed by atoms with E-state index >= 15 is 0 Å². The highest BCUT2D eigenvalue weighted by molar-refractivity contribution is 5.73. The van der Waals surface area contributed by atoms with E-state index in [1.807, 2.05) is 0 Å². The molecule has 0 saturated heterocycles. The fraction of sp³-hybridized carbons (Fsp3) is 0.818. The predicted octanol–water partition coefficient (Wildman–Crippen LogP) is 2.25. The van der Waals surface area contributed by atoms with Gasteiger partial charge in [0.2, 0.25) is 0 Å². The zero-order valence-corrected chi connectivity index (χ0v) is 8.45. The van der Waals surface area contributed by atoms with Crippen molar-refractivity contribution in [3.05, 3.63) is 0 Å². The van der Waals surface area contributed by atoms with Gasteiger partial charge < -0.3 is 9.90 Å². The third-order valence-corrected chi connectivity index (χ3v) is 3.07. The largest absolute Gasteiger partial charge is 0.481 e. The van der Waals surface area contributed by atoms with Crippen LogP contribution in [0.1, 0.15) is 44.9 Å². The lowest BCUT2D eigenvalue weighted by molar-refractivity contribution is -0.143. The summed E-state index contributed by atoms with van der Waals surface area (Å²) in [5.41, 5.74) is 0. The van der Waals surface area contributed by atoms with Crippen molar-refractivity contribution in [2.75, 3.05) is 0 Å². The molecule has 0 radical (unpaired) electrons. The van der Waals surface area contributed by atoms with Crippen LogP contribution in [0.25, 0.3) is 0 Å². The predicted molar refractivity (Wildman–Crippen MR) is 53.0 cm³/mol. The molecule has 0 unspecified atom stereocenters. The Morgan fingerprint density at radius 3 is 2.50 bits per heavy atom. The standard InChI is InChI=1S/C11H18O3/c12-7-6-10(11(13)14)8-9-4-2-1-3-5-9/h7,9-10H,1-6,8H2,(H,13,14)/t10-/m0/s1. The van der Waals surface area contributed by atoms with Crippen LogP contribution >= 0.6 is 0 Å². The van der Waals surface area contributed by atoms with Gasteiger partial charge in [0, 0.05) is 6.42 Å². The minimum atomic E-state index is -0.817. The lowest BCUT2D eigenvalue weighted by atomic mass is 9.82. The lowest BCUT2D eigenvalue weighted by Gasteiger charge is -2.23. The Morgan fingerprint density at radius 2 is 2.00 bits per heavy atom. The van der Waals surface area contributed by atoms with Gasteiger partial charge in [-0.25, -0.2) is 0 Å². The maximum absolute atomic E-state index is 10.8. The van der Waals surface area contributed by atoms with E-state index < -0.39 is 11.9 Å². The molecule has 0 bridgehead atoms. The van der Waals surface area contributed by atoms with E-state index in [2.05, 4.69) is 0 Å². The summed E-state index contributed by atoms with van der Waals surface area (Å²) in [6, 6.07) is 0. The molecule has 1 aliphatic rings. The molecule has 0 aromatic heterocycles. The van der Waals surface area contributed by atoms with Crippen molar-refractivity contribution < 1.29 is 14.7 Å². The Bertz CT molecular complexity index is 195. The highest BCUT2D eigenvalue weighted by Crippen LogP contribution is 2.29. The average molecular weight is 198 g/mol. The fourth-order valence-corrected chi connectivity index (χ4v) is 2.24. The maximum Gasteiger partial charge on any atom is 0.306 e. The molecule has 0 amide bonds. The van der Waals surface area contributed by atoms with Crippen molar-refractivity contribution in [1.29, 1.82) is 0 Å². The molecule has 0 heterocycles. The van der Waals surface area contributed by atoms with Crippen LogP contribution in [0.15, 0.2) is 0 Å². The Balaban J connectivity index is 2.36. The average Bonchev–Trinajstić information content (AvgIpc) is 2.18. The van der Waals surface area contributed by atoms with Gasteiger partial charge in [-0.15, -0.1) is 0 Å². The molecular weight excluding hydrogens is 180 g/mol. The molecule has 0 aliphatic heterocycles. The van der Waals surface area contributed by atoms with Crippen LogP contribution in [-0.2, 0) is 9.59 Å². The molecule has 14 heavy (non-hydrogen) atoms. The number of rotatable bonds is 5. The maximum atomic E-state index is 10.8. The molecule has 80 valence electrons. The van der Waals surface area contributed by atoms with E-state index in [1.54, 1.807) is 0 Å². The summed E-state index contributed by atoms with van der Waals surface area (Å²) in [6.45, 7) is 0. The van der Waals surface area contributed by atoms with E-state index in [1.165, 1.54) is 19.3 Å². The van der Waals surface area contributed by atoms with Crippen LogP contribution in [0.5, 0.6) is 0 Å². The highest BCUT2D eigenvalue weighted by atomic mass is 16.4. The monoisotopic (exact) mass is 198 g/mol. The van der Waals surface area contributed by atoms with E-state index in [9.17, 15) is 9.59 Å². The smallest absolute Gasteiger partial charge is 0.306 e. The Morgan fingerprint density at radius 1 is 1.36 bits per heavy atom. The molecule has 3 heteroatoms. The molecule has 1 saturated carbocycles. The number of carboxylic acids is 1. The van der Waals surface area contributed by atoms with Crippen LogP contribution in [0.2, 0.25) is 0 Å². The van der Waals surface area contributed by atoms with Crippen molar-refractivity contribution in [1.82, 2.24) is 0 Å². The summed E-state index contributed by atoms with van der Waals surface area (Å²) in [6.07, 6.45) is 7.59. The van der Waals surface area contributed by atoms with Gasteiger partial charge >= 0.3 is 5.97 Å². The van der Waals surface area contributed by atoms with Crippen molar-refractivity contribution >= 4 is 12.3 Å². The first-order valence-corrected chi connectivity index (χ1v) is 5.40. The number of carbonyl (C=O) groups is 2. The molecule has 0 aromatic carbocycles. The fourth-order valence-electron chi connectivity index (χ4n) is 2.24. The molecule has 0 aromatic rings. The first-order valence-electron chi connectivity index (χ1n) is 5.40. The number of carbonyl (C=O) groups excluding carboxylic acids is 1. The summed E-state index contributed by atoms with van der Waals surface area (Å²) < 4.78 is 0. The second-order valence-electron chi connectivity index (χ2n) is 4.18. The van der Waals surface area contributed by atoms with Gasteiger partial charge in [-0.1, -0.05) is 32.1 Å². The number of aldehydes is 1. The Hall–Kier alpha value is -0.860. The normalized spacial score (nSPS) is 20.3. The van der Waals surface area contributed by atoms with Crippen LogP contribution < -0.4 is 0 Å². The van der Waals surface area contributed by atoms with Crippen molar-refractivity contribution in [3.63, 3.8) is 0 Å². The number of hydrogen-bond acceptors (Lipinski definition) is 2. The third kappa shape index (κ3) is 3.48. The van der Waals surface area contributed by atoms with Gasteiger partial charge in [-0.05, 0) is 12.3 Å². The Kier molecular flexibility index (Phi) is 4.63. The van der Waals surface area contributed by atoms with E-state index in [4.69, 9.17) is 5.11 Å². The second-order valence-corrected chi connectivity index (χ2v) is 4.18. The topological polar surface area (TPSA) is 54.4 Å². The van der Waals surface area contributed by atoms with E-state index in [-0.39, 0.29) is 6.42 Å². The SMILES string of the molecule is O=CC[C@@H](CC1CCCCC1)C(=O)O. The lowest BCUT2D eigenvalue weighted by Crippen LogP contribution is -2.19. The van der Waals surface area contributed by atoms with Crippen LogP contribution in [0.3, 0.4) is 0 Å². The van der Waals surface area contributed by atoms with Crippen LogP contribution in [0, 0.1) is 11.8 Å². The third-order valence-electron chi connectivity index (χ3n) is 3.07. The van der Waals surface area contributed by atoms with Gasteiger partial charge in [0.15, 0.2) is 0 Å². The number of hydrogen-bond donors (Lipinski definition) is 1. The molecule has 3 nitrogen and oxygen atoms in total. The first-order chi connectivity index (χ1) is 6.74. The van der Waals surface area contributed by atoms with Gasteiger partial charge in [0.1, 0.15) is 6.29 Å². The zero-order valence-electron chi connectivity index (χ0n) is 8.45. The summed E-state index contributed by atoms with van der Waals surface area (Å²) >= 11 is 0. The van der Waals surface area contributed by atoms with E-state index in [0.717, 1.165) is 19.1 Å². The van der Waals surface area contributed by atoms with Crippen LogP contribution in [-0.4, -0.2) is 17.4 Å². The minimum Gasteiger partial charge on any atom is -0.481 e. The summed E-state index contributed by atoms with van der Waals surface area (Å²) in [5, 5.41) is 8.88. The molecule has 1 N–H and O–H groups in total. The molecular formula is C11H18O3. The van der Waals surface area contributed by atoms with Gasteiger partial charge in [-0.2, -0.15) is 0 Å². The quantitative estimate of drug-likeness (QED) is 0.689. The van der Waals surface area contributed by atoms with Gasteiger partial charge in [0.25, 0.3) is 0 Å². The van der Waals surface area contributed by atoms with Gasteiger partial charge in [-0.3, -0.25) is 4.79 Å². The first kappa shape index (κ1) is 11.2. The molecule has 1 aliphatic carbocycles.